The minimum atomic E-state index is -0.401. The van der Waals surface area contributed by atoms with Crippen molar-refractivity contribution in [2.24, 2.45) is 11.8 Å². The van der Waals surface area contributed by atoms with E-state index in [4.69, 9.17) is 14.2 Å². The standard InChI is InChI=1S/C20H25NO4/c1-21-6-5-20-12-8-19(10-22)13(9-24-19)18(20)25-17-15(23-2)4-3-11(16(17)20)7-14(12)21/h3-4,12-14,18,22H,5-10H2,1-2H3/t12-,13-,14+,18-,19-,20-/m0/s1. The highest BCUT2D eigenvalue weighted by Crippen LogP contribution is 2.68. The lowest BCUT2D eigenvalue weighted by molar-refractivity contribution is -0.294. The molecular formula is C20H25NO4. The van der Waals surface area contributed by atoms with Crippen LogP contribution in [0.5, 0.6) is 11.5 Å². The second kappa shape index (κ2) is 4.51. The Bertz CT molecular complexity index is 762. The van der Waals surface area contributed by atoms with Crippen LogP contribution in [0.2, 0.25) is 0 Å². The largest absolute Gasteiger partial charge is 0.493 e. The minimum absolute atomic E-state index is 0.0712. The topological polar surface area (TPSA) is 51.2 Å². The zero-order valence-corrected chi connectivity index (χ0v) is 14.8. The summed E-state index contributed by atoms with van der Waals surface area (Å²) < 4.78 is 18.3. The number of benzene rings is 1. The fraction of sp³-hybridized carbons (Fsp3) is 0.700. The van der Waals surface area contributed by atoms with Gasteiger partial charge in [-0.15, -0.1) is 0 Å². The molecule has 5 nitrogen and oxygen atoms in total. The van der Waals surface area contributed by atoms with Gasteiger partial charge in [0.2, 0.25) is 0 Å². The number of nitrogens with zero attached hydrogens (tertiary/aromatic N) is 1. The van der Waals surface area contributed by atoms with Gasteiger partial charge in [-0.3, -0.25) is 0 Å². The molecular weight excluding hydrogens is 318 g/mol. The molecule has 134 valence electrons. The van der Waals surface area contributed by atoms with Crippen molar-refractivity contribution in [2.45, 2.75) is 42.4 Å². The molecule has 6 rings (SSSR count). The molecule has 5 heteroatoms. The van der Waals surface area contributed by atoms with Crippen molar-refractivity contribution in [2.75, 3.05) is 33.9 Å². The van der Waals surface area contributed by atoms with Crippen LogP contribution in [-0.2, 0) is 16.6 Å². The molecule has 1 spiro atoms. The molecule has 0 radical (unpaired) electrons. The van der Waals surface area contributed by atoms with Gasteiger partial charge in [0.1, 0.15) is 11.7 Å². The summed E-state index contributed by atoms with van der Waals surface area (Å²) in [5.41, 5.74) is 2.52. The maximum atomic E-state index is 10.1. The molecule has 6 atom stereocenters. The van der Waals surface area contributed by atoms with Crippen molar-refractivity contribution >= 4 is 0 Å². The van der Waals surface area contributed by atoms with Crippen molar-refractivity contribution in [3.05, 3.63) is 23.3 Å². The van der Waals surface area contributed by atoms with E-state index >= 15 is 0 Å². The van der Waals surface area contributed by atoms with E-state index in [1.54, 1.807) is 7.11 Å². The Labute approximate surface area is 147 Å². The van der Waals surface area contributed by atoms with Crippen LogP contribution in [0.15, 0.2) is 12.1 Å². The monoisotopic (exact) mass is 343 g/mol. The van der Waals surface area contributed by atoms with Crippen LogP contribution in [0.3, 0.4) is 0 Å². The van der Waals surface area contributed by atoms with Crippen LogP contribution in [0.1, 0.15) is 24.0 Å². The van der Waals surface area contributed by atoms with Gasteiger partial charge in [-0.25, -0.2) is 0 Å². The molecule has 0 aromatic heterocycles. The Morgan fingerprint density at radius 3 is 2.96 bits per heavy atom. The van der Waals surface area contributed by atoms with Crippen molar-refractivity contribution in [1.29, 1.82) is 0 Å². The van der Waals surface area contributed by atoms with E-state index < -0.39 is 5.60 Å². The quantitative estimate of drug-likeness (QED) is 0.879. The fourth-order valence-electron chi connectivity index (χ4n) is 6.83. The zero-order chi connectivity index (χ0) is 17.0. The summed E-state index contributed by atoms with van der Waals surface area (Å²) in [5.74, 6) is 2.58. The summed E-state index contributed by atoms with van der Waals surface area (Å²) in [4.78, 5) is 2.52. The number of likely N-dealkylation sites (N-methyl/N-ethyl adjacent to an activating group) is 1. The number of aliphatic hydroxyl groups is 1. The number of piperidine rings is 1. The van der Waals surface area contributed by atoms with Gasteiger partial charge in [-0.05, 0) is 50.4 Å². The third-order valence-electron chi connectivity index (χ3n) is 8.07. The lowest BCUT2D eigenvalue weighted by atomic mass is 9.46. The van der Waals surface area contributed by atoms with Crippen molar-refractivity contribution in [1.82, 2.24) is 4.90 Å². The average Bonchev–Trinajstić information content (AvgIpc) is 2.93. The molecule has 1 N–H and O–H groups in total. The highest BCUT2D eigenvalue weighted by atomic mass is 16.6. The Morgan fingerprint density at radius 2 is 2.24 bits per heavy atom. The molecule has 1 aromatic rings. The molecule has 5 aliphatic rings. The Kier molecular flexibility index (Phi) is 2.67. The van der Waals surface area contributed by atoms with Crippen LogP contribution >= 0.6 is 0 Å². The molecule has 0 amide bonds. The molecule has 3 aliphatic heterocycles. The van der Waals surface area contributed by atoms with Gasteiger partial charge in [0, 0.05) is 17.0 Å². The molecule has 2 bridgehead atoms. The van der Waals surface area contributed by atoms with Crippen LogP contribution in [-0.4, -0.2) is 61.7 Å². The number of ether oxygens (including phenoxy) is 3. The van der Waals surface area contributed by atoms with Gasteiger partial charge < -0.3 is 24.2 Å². The highest BCUT2D eigenvalue weighted by Gasteiger charge is 2.73. The number of hydrogen-bond donors (Lipinski definition) is 1. The van der Waals surface area contributed by atoms with Crippen LogP contribution < -0.4 is 9.47 Å². The van der Waals surface area contributed by atoms with E-state index in [9.17, 15) is 5.11 Å². The molecule has 2 saturated heterocycles. The highest BCUT2D eigenvalue weighted by molar-refractivity contribution is 5.61. The van der Waals surface area contributed by atoms with Crippen LogP contribution in [0.4, 0.5) is 0 Å². The molecule has 1 aromatic carbocycles. The second-order valence-electron chi connectivity index (χ2n) is 8.66. The normalized spacial score (nSPS) is 45.9. The summed E-state index contributed by atoms with van der Waals surface area (Å²) in [6.45, 7) is 1.91. The average molecular weight is 343 g/mol. The third-order valence-corrected chi connectivity index (χ3v) is 8.07. The van der Waals surface area contributed by atoms with Gasteiger partial charge in [-0.1, -0.05) is 6.07 Å². The number of fused-ring (bicyclic) bond motifs is 2. The Morgan fingerprint density at radius 1 is 1.36 bits per heavy atom. The third kappa shape index (κ3) is 1.46. The van der Waals surface area contributed by atoms with E-state index in [0.29, 0.717) is 18.6 Å². The number of hydrogen-bond acceptors (Lipinski definition) is 5. The fourth-order valence-corrected chi connectivity index (χ4v) is 6.83. The van der Waals surface area contributed by atoms with Gasteiger partial charge in [0.15, 0.2) is 11.5 Å². The first kappa shape index (κ1) is 14.8. The van der Waals surface area contributed by atoms with Gasteiger partial charge >= 0.3 is 0 Å². The van der Waals surface area contributed by atoms with E-state index in [1.165, 1.54) is 11.1 Å². The molecule has 25 heavy (non-hydrogen) atoms. The maximum absolute atomic E-state index is 10.1. The summed E-state index contributed by atoms with van der Waals surface area (Å²) >= 11 is 0. The van der Waals surface area contributed by atoms with Crippen LogP contribution in [0, 0.1) is 11.8 Å². The van der Waals surface area contributed by atoms with E-state index in [2.05, 4.69) is 24.1 Å². The number of rotatable bonds is 2. The van der Waals surface area contributed by atoms with Gasteiger partial charge in [-0.2, -0.15) is 0 Å². The van der Waals surface area contributed by atoms with Gasteiger partial charge in [0.25, 0.3) is 0 Å². The Balaban J connectivity index is 1.61. The summed E-state index contributed by atoms with van der Waals surface area (Å²) in [6, 6.07) is 4.81. The van der Waals surface area contributed by atoms with Crippen LogP contribution in [0.25, 0.3) is 0 Å². The minimum Gasteiger partial charge on any atom is -0.493 e. The maximum Gasteiger partial charge on any atom is 0.165 e. The van der Waals surface area contributed by atoms with Crippen molar-refractivity contribution in [3.63, 3.8) is 0 Å². The molecule has 1 saturated carbocycles. The first-order valence-electron chi connectivity index (χ1n) is 9.47. The molecule has 0 unspecified atom stereocenters. The van der Waals surface area contributed by atoms with E-state index in [1.807, 2.05) is 0 Å². The molecule has 2 aliphatic carbocycles. The van der Waals surface area contributed by atoms with Crippen molar-refractivity contribution < 1.29 is 19.3 Å². The first-order chi connectivity index (χ1) is 12.1. The smallest absolute Gasteiger partial charge is 0.165 e. The molecule has 3 heterocycles. The van der Waals surface area contributed by atoms with E-state index in [0.717, 1.165) is 37.3 Å². The predicted octanol–water partition coefficient (Wildman–Crippen LogP) is 1.35. The number of methoxy groups -OCH3 is 1. The molecule has 3 fully saturated rings. The summed E-state index contributed by atoms with van der Waals surface area (Å²) in [6.07, 6.45) is 3.23. The summed E-state index contributed by atoms with van der Waals surface area (Å²) in [7, 11) is 3.97. The summed E-state index contributed by atoms with van der Waals surface area (Å²) in [5, 5.41) is 10.1. The number of aliphatic hydroxyl groups excluding tert-OH is 1. The SMILES string of the molecule is COc1ccc2c3c1O[C@H]1[C@@H]4CO[C@]4(CO)C[C@H]4[C@@H](C2)N(C)CC[C@@]341. The Hall–Kier alpha value is -1.30. The first-order valence-corrected chi connectivity index (χ1v) is 9.47. The number of likely N-dealkylation sites (tertiary alicyclic amines) is 1. The van der Waals surface area contributed by atoms with Crippen molar-refractivity contribution in [3.8, 4) is 11.5 Å². The van der Waals surface area contributed by atoms with Gasteiger partial charge in [0.05, 0.1) is 26.2 Å². The van der Waals surface area contributed by atoms with E-state index in [-0.39, 0.29) is 24.0 Å². The lowest BCUT2D eigenvalue weighted by Crippen LogP contribution is -2.75. The second-order valence-corrected chi connectivity index (χ2v) is 8.66. The zero-order valence-electron chi connectivity index (χ0n) is 14.8. The lowest BCUT2D eigenvalue weighted by Gasteiger charge is -2.66. The predicted molar refractivity (Wildman–Crippen MR) is 91.2 cm³/mol.